The molecule has 4 rings (SSSR count). The first-order valence-corrected chi connectivity index (χ1v) is 11.0. The molecule has 3 aromatic rings. The van der Waals surface area contributed by atoms with Gasteiger partial charge in [-0.2, -0.15) is 0 Å². The lowest BCUT2D eigenvalue weighted by molar-refractivity contribution is 0.0258. The second kappa shape index (κ2) is 7.10. The van der Waals surface area contributed by atoms with Crippen LogP contribution in [0.2, 0.25) is 0 Å². The third-order valence-electron chi connectivity index (χ3n) is 5.05. The van der Waals surface area contributed by atoms with Gasteiger partial charge in [-0.1, -0.05) is 0 Å². The zero-order valence-electron chi connectivity index (χ0n) is 15.8. The molecule has 2 aromatic heterocycles. The number of aryl methyl sites for hydroxylation is 1. The first-order chi connectivity index (χ1) is 13.3. The van der Waals surface area contributed by atoms with Crippen LogP contribution in [0.1, 0.15) is 12.8 Å². The van der Waals surface area contributed by atoms with Crippen molar-refractivity contribution < 1.29 is 17.9 Å². The molecule has 1 fully saturated rings. The Balaban J connectivity index is 1.88. The Morgan fingerprint density at radius 1 is 1.18 bits per heavy atom. The van der Waals surface area contributed by atoms with Gasteiger partial charge in [0.15, 0.2) is 9.84 Å². The van der Waals surface area contributed by atoms with Crippen molar-refractivity contribution in [2.24, 2.45) is 7.05 Å². The molecule has 8 heteroatoms. The van der Waals surface area contributed by atoms with Gasteiger partial charge in [0.1, 0.15) is 17.4 Å². The molecule has 148 valence electrons. The fourth-order valence-corrected chi connectivity index (χ4v) is 4.11. The third-order valence-corrected chi connectivity index (χ3v) is 6.16. The Morgan fingerprint density at radius 2 is 1.93 bits per heavy atom. The van der Waals surface area contributed by atoms with Gasteiger partial charge in [-0.05, 0) is 24.3 Å². The van der Waals surface area contributed by atoms with E-state index < -0.39 is 9.84 Å². The van der Waals surface area contributed by atoms with E-state index in [1.807, 2.05) is 6.07 Å². The highest BCUT2D eigenvalue weighted by atomic mass is 32.2. The van der Waals surface area contributed by atoms with Gasteiger partial charge < -0.3 is 19.0 Å². The van der Waals surface area contributed by atoms with Gasteiger partial charge in [0, 0.05) is 55.1 Å². The minimum absolute atomic E-state index is 0.00894. The van der Waals surface area contributed by atoms with Crippen molar-refractivity contribution in [3.05, 3.63) is 47.0 Å². The number of fused-ring (bicyclic) bond motifs is 1. The monoisotopic (exact) mass is 402 g/mol. The van der Waals surface area contributed by atoms with E-state index in [2.05, 4.69) is 4.98 Å². The van der Waals surface area contributed by atoms with Crippen LogP contribution >= 0.6 is 0 Å². The summed E-state index contributed by atoms with van der Waals surface area (Å²) in [5.41, 5.74) is 1.71. The zero-order valence-corrected chi connectivity index (χ0v) is 16.6. The number of nitrogens with zero attached hydrogens (tertiary/aromatic N) is 1. The highest BCUT2D eigenvalue weighted by Crippen LogP contribution is 2.37. The van der Waals surface area contributed by atoms with Crippen LogP contribution in [0, 0.1) is 0 Å². The van der Waals surface area contributed by atoms with Crippen molar-refractivity contribution in [2.75, 3.05) is 19.5 Å². The Kier molecular flexibility index (Phi) is 4.76. The molecule has 0 aliphatic carbocycles. The zero-order chi connectivity index (χ0) is 19.9. The molecule has 0 saturated carbocycles. The summed E-state index contributed by atoms with van der Waals surface area (Å²) in [6, 6.07) is 6.71. The highest BCUT2D eigenvalue weighted by molar-refractivity contribution is 7.90. The molecule has 0 spiro atoms. The van der Waals surface area contributed by atoms with Crippen LogP contribution in [-0.4, -0.2) is 43.5 Å². The van der Waals surface area contributed by atoms with E-state index in [1.54, 1.807) is 37.6 Å². The molecule has 28 heavy (non-hydrogen) atoms. The third kappa shape index (κ3) is 3.45. The summed E-state index contributed by atoms with van der Waals surface area (Å²) >= 11 is 0. The summed E-state index contributed by atoms with van der Waals surface area (Å²) in [6.07, 6.45) is 6.17. The molecule has 1 saturated heterocycles. The minimum atomic E-state index is -3.39. The smallest absolute Gasteiger partial charge is 0.274 e. The summed E-state index contributed by atoms with van der Waals surface area (Å²) in [7, 11) is -1.70. The maximum Gasteiger partial charge on any atom is 0.274 e. The molecular weight excluding hydrogens is 380 g/mol. The van der Waals surface area contributed by atoms with Crippen LogP contribution in [0.15, 0.2) is 46.3 Å². The molecule has 3 heterocycles. The first-order valence-electron chi connectivity index (χ1n) is 9.10. The van der Waals surface area contributed by atoms with Crippen molar-refractivity contribution in [3.8, 4) is 16.9 Å². The Bertz CT molecular complexity index is 1190. The summed E-state index contributed by atoms with van der Waals surface area (Å²) in [5, 5.41) is 0.727. The Morgan fingerprint density at radius 3 is 2.64 bits per heavy atom. The van der Waals surface area contributed by atoms with E-state index in [0.717, 1.165) is 23.8 Å². The number of ether oxygens (including phenoxy) is 2. The topological polar surface area (TPSA) is 90.4 Å². The minimum Gasteiger partial charge on any atom is -0.490 e. The number of aromatic nitrogens is 2. The predicted octanol–water partition coefficient (Wildman–Crippen LogP) is 2.49. The van der Waals surface area contributed by atoms with Crippen LogP contribution in [0.25, 0.3) is 22.0 Å². The van der Waals surface area contributed by atoms with Crippen LogP contribution < -0.4 is 10.3 Å². The maximum absolute atomic E-state index is 12.4. The quantitative estimate of drug-likeness (QED) is 0.724. The van der Waals surface area contributed by atoms with Crippen molar-refractivity contribution in [3.63, 3.8) is 0 Å². The van der Waals surface area contributed by atoms with E-state index in [-0.39, 0.29) is 16.6 Å². The number of nitrogens with one attached hydrogen (secondary N) is 1. The standard InChI is InChI=1S/C20H22N2O5S/c1-22-8-5-15-17(12-21-19(15)20(22)23)16-11-14(28(2,24)25)3-4-18(16)27-13-6-9-26-10-7-13/h3-5,8,11-13,21H,6-7,9-10H2,1-2H3. The van der Waals surface area contributed by atoms with Gasteiger partial charge in [-0.25, -0.2) is 8.42 Å². The molecule has 1 aliphatic heterocycles. The van der Waals surface area contributed by atoms with Crippen LogP contribution in [0.4, 0.5) is 0 Å². The number of benzene rings is 1. The van der Waals surface area contributed by atoms with Crippen LogP contribution in [-0.2, 0) is 21.6 Å². The molecule has 0 unspecified atom stereocenters. The molecular formula is C20H22N2O5S. The summed E-state index contributed by atoms with van der Waals surface area (Å²) < 4.78 is 37.3. The van der Waals surface area contributed by atoms with Gasteiger partial charge >= 0.3 is 0 Å². The Hall–Kier alpha value is -2.58. The van der Waals surface area contributed by atoms with Crippen molar-refractivity contribution in [1.29, 1.82) is 0 Å². The molecule has 1 aliphatic rings. The highest BCUT2D eigenvalue weighted by Gasteiger charge is 2.21. The van der Waals surface area contributed by atoms with E-state index in [0.29, 0.717) is 30.0 Å². The summed E-state index contributed by atoms with van der Waals surface area (Å²) in [5.74, 6) is 0.598. The van der Waals surface area contributed by atoms with Crippen molar-refractivity contribution in [1.82, 2.24) is 9.55 Å². The van der Waals surface area contributed by atoms with Crippen LogP contribution in [0.5, 0.6) is 5.75 Å². The molecule has 7 nitrogen and oxygen atoms in total. The fourth-order valence-electron chi connectivity index (χ4n) is 3.46. The van der Waals surface area contributed by atoms with Gasteiger partial charge in [0.05, 0.1) is 18.1 Å². The van der Waals surface area contributed by atoms with Crippen molar-refractivity contribution in [2.45, 2.75) is 23.8 Å². The Labute approximate surface area is 162 Å². The van der Waals surface area contributed by atoms with Crippen LogP contribution in [0.3, 0.4) is 0 Å². The number of rotatable bonds is 4. The number of hydrogen-bond acceptors (Lipinski definition) is 5. The predicted molar refractivity (Wildman–Crippen MR) is 107 cm³/mol. The number of H-pyrrole nitrogens is 1. The average molecular weight is 402 g/mol. The number of aromatic amines is 1. The van der Waals surface area contributed by atoms with Crippen molar-refractivity contribution >= 4 is 20.7 Å². The van der Waals surface area contributed by atoms with E-state index in [9.17, 15) is 13.2 Å². The largest absolute Gasteiger partial charge is 0.490 e. The molecule has 0 bridgehead atoms. The van der Waals surface area contributed by atoms with E-state index >= 15 is 0 Å². The normalized spacial score (nSPS) is 15.8. The maximum atomic E-state index is 12.4. The van der Waals surface area contributed by atoms with Gasteiger partial charge in [-0.3, -0.25) is 4.79 Å². The number of sulfone groups is 1. The lowest BCUT2D eigenvalue weighted by atomic mass is 10.0. The number of pyridine rings is 1. The average Bonchev–Trinajstić information content (AvgIpc) is 3.09. The van der Waals surface area contributed by atoms with E-state index in [4.69, 9.17) is 9.47 Å². The molecule has 1 N–H and O–H groups in total. The first kappa shape index (κ1) is 18.8. The second-order valence-corrected chi connectivity index (χ2v) is 9.10. The van der Waals surface area contributed by atoms with Gasteiger partial charge in [-0.15, -0.1) is 0 Å². The SMILES string of the molecule is Cn1ccc2c(-c3cc(S(C)(=O)=O)ccc3OC3CCOCC3)c[nH]c2c1=O. The molecule has 0 radical (unpaired) electrons. The summed E-state index contributed by atoms with van der Waals surface area (Å²) in [4.78, 5) is 15.6. The molecule has 1 aromatic carbocycles. The fraction of sp³-hybridized carbons (Fsp3) is 0.350. The molecule has 0 amide bonds. The molecule has 0 atom stereocenters. The lowest BCUT2D eigenvalue weighted by Crippen LogP contribution is -2.26. The van der Waals surface area contributed by atoms with E-state index in [1.165, 1.54) is 10.8 Å². The van der Waals surface area contributed by atoms with Gasteiger partial charge in [0.25, 0.3) is 5.56 Å². The summed E-state index contributed by atoms with van der Waals surface area (Å²) in [6.45, 7) is 1.29. The second-order valence-electron chi connectivity index (χ2n) is 7.08. The number of hydrogen-bond donors (Lipinski definition) is 1. The van der Waals surface area contributed by atoms with Gasteiger partial charge in [0.2, 0.25) is 0 Å². The lowest BCUT2D eigenvalue weighted by Gasteiger charge is -2.24.